The van der Waals surface area contributed by atoms with Gasteiger partial charge in [0, 0.05) is 25.6 Å². The molecule has 1 aromatic carbocycles. The van der Waals surface area contributed by atoms with Crippen molar-refractivity contribution in [1.29, 1.82) is 0 Å². The van der Waals surface area contributed by atoms with Crippen molar-refractivity contribution in [2.45, 2.75) is 25.3 Å². The topological polar surface area (TPSA) is 105 Å². The molecule has 0 aromatic heterocycles. The van der Waals surface area contributed by atoms with Crippen LogP contribution in [0.5, 0.6) is 0 Å². The van der Waals surface area contributed by atoms with Crippen molar-refractivity contribution < 1.29 is 24.2 Å². The molecule has 0 saturated heterocycles. The van der Waals surface area contributed by atoms with Gasteiger partial charge < -0.3 is 20.5 Å². The number of hydrogen-bond acceptors (Lipinski definition) is 4. The average Bonchev–Trinajstić information content (AvgIpc) is 2.52. The van der Waals surface area contributed by atoms with Crippen molar-refractivity contribution in [1.82, 2.24) is 10.6 Å². The van der Waals surface area contributed by atoms with Gasteiger partial charge in [0.25, 0.3) is 5.91 Å². The molecule has 0 aliphatic heterocycles. The first-order valence-electron chi connectivity index (χ1n) is 7.25. The largest absolute Gasteiger partial charge is 0.479 e. The van der Waals surface area contributed by atoms with E-state index >= 15 is 0 Å². The van der Waals surface area contributed by atoms with E-state index in [1.165, 1.54) is 14.0 Å². The summed E-state index contributed by atoms with van der Waals surface area (Å²) in [4.78, 5) is 34.8. The second kappa shape index (κ2) is 8.89. The summed E-state index contributed by atoms with van der Waals surface area (Å²) < 4.78 is 4.82. The van der Waals surface area contributed by atoms with E-state index in [-0.39, 0.29) is 18.9 Å². The predicted octanol–water partition coefficient (Wildman–Crippen LogP) is 0.802. The second-order valence-corrected chi connectivity index (χ2v) is 5.34. The quantitative estimate of drug-likeness (QED) is 0.583. The molecule has 0 fully saturated rings. The van der Waals surface area contributed by atoms with Crippen LogP contribution in [0.4, 0.5) is 0 Å². The number of carboxylic acids is 1. The van der Waals surface area contributed by atoms with Gasteiger partial charge in [0.1, 0.15) is 0 Å². The highest BCUT2D eigenvalue weighted by Crippen LogP contribution is 2.06. The highest BCUT2D eigenvalue weighted by molar-refractivity contribution is 5.94. The molecule has 0 radical (unpaired) electrons. The van der Waals surface area contributed by atoms with Crippen molar-refractivity contribution in [3.05, 3.63) is 35.9 Å². The van der Waals surface area contributed by atoms with Gasteiger partial charge in [0.05, 0.1) is 6.61 Å². The van der Waals surface area contributed by atoms with E-state index in [0.29, 0.717) is 18.5 Å². The Bertz CT molecular complexity index is 547. The summed E-state index contributed by atoms with van der Waals surface area (Å²) in [5.74, 6) is -1.77. The van der Waals surface area contributed by atoms with Crippen LogP contribution in [-0.4, -0.2) is 48.7 Å². The van der Waals surface area contributed by atoms with Crippen molar-refractivity contribution in [2.24, 2.45) is 0 Å². The van der Waals surface area contributed by atoms with E-state index in [4.69, 9.17) is 9.84 Å². The summed E-state index contributed by atoms with van der Waals surface area (Å²) in [5, 5.41) is 14.3. The lowest BCUT2D eigenvalue weighted by Gasteiger charge is -2.25. The molecule has 126 valence electrons. The van der Waals surface area contributed by atoms with Gasteiger partial charge >= 0.3 is 5.97 Å². The van der Waals surface area contributed by atoms with Crippen molar-refractivity contribution in [3.63, 3.8) is 0 Å². The maximum atomic E-state index is 11.8. The lowest BCUT2D eigenvalue weighted by Crippen LogP contribution is -2.55. The highest BCUT2D eigenvalue weighted by atomic mass is 16.5. The Morgan fingerprint density at radius 3 is 2.43 bits per heavy atom. The average molecular weight is 322 g/mol. The zero-order valence-corrected chi connectivity index (χ0v) is 13.3. The number of hydrogen-bond donors (Lipinski definition) is 3. The van der Waals surface area contributed by atoms with Crippen LogP contribution in [0, 0.1) is 0 Å². The summed E-state index contributed by atoms with van der Waals surface area (Å²) >= 11 is 0. The van der Waals surface area contributed by atoms with Crippen LogP contribution < -0.4 is 10.6 Å². The maximum Gasteiger partial charge on any atom is 0.331 e. The molecular weight excluding hydrogens is 300 g/mol. The molecule has 1 aromatic rings. The third-order valence-corrected chi connectivity index (χ3v) is 3.22. The second-order valence-electron chi connectivity index (χ2n) is 5.34. The minimum Gasteiger partial charge on any atom is -0.479 e. The third-order valence-electron chi connectivity index (χ3n) is 3.22. The first-order chi connectivity index (χ1) is 10.9. The van der Waals surface area contributed by atoms with Gasteiger partial charge in [-0.1, -0.05) is 18.2 Å². The molecule has 1 atom stereocenters. The number of methoxy groups -OCH3 is 1. The molecule has 2 amide bonds. The zero-order valence-electron chi connectivity index (χ0n) is 13.3. The summed E-state index contributed by atoms with van der Waals surface area (Å²) in [5.41, 5.74) is -0.908. The van der Waals surface area contributed by atoms with Gasteiger partial charge in [-0.25, -0.2) is 4.79 Å². The Morgan fingerprint density at radius 2 is 1.87 bits per heavy atom. The summed E-state index contributed by atoms with van der Waals surface area (Å²) in [7, 11) is 1.37. The standard InChI is InChI=1S/C16H22N2O5/c1-16(11-23-2,15(21)22)18-13(19)9-6-10-17-14(20)12-7-4-3-5-8-12/h3-5,7-8H,6,9-11H2,1-2H3,(H,17,20)(H,18,19)(H,21,22). The fourth-order valence-electron chi connectivity index (χ4n) is 1.95. The SMILES string of the molecule is COCC(C)(NC(=O)CCCNC(=O)c1ccccc1)C(=O)O. The van der Waals surface area contributed by atoms with Gasteiger partial charge in [-0.2, -0.15) is 0 Å². The highest BCUT2D eigenvalue weighted by Gasteiger charge is 2.34. The molecule has 7 nitrogen and oxygen atoms in total. The van der Waals surface area contributed by atoms with Gasteiger partial charge in [-0.15, -0.1) is 0 Å². The van der Waals surface area contributed by atoms with Crippen LogP contribution in [0.1, 0.15) is 30.1 Å². The van der Waals surface area contributed by atoms with E-state index in [1.807, 2.05) is 6.07 Å². The maximum absolute atomic E-state index is 11.8. The van der Waals surface area contributed by atoms with Crippen LogP contribution >= 0.6 is 0 Å². The number of carbonyl (C=O) groups excluding carboxylic acids is 2. The van der Waals surface area contributed by atoms with Crippen molar-refractivity contribution >= 4 is 17.8 Å². The van der Waals surface area contributed by atoms with E-state index in [9.17, 15) is 14.4 Å². The molecule has 1 unspecified atom stereocenters. The Kier molecular flexibility index (Phi) is 7.21. The third kappa shape index (κ3) is 6.07. The Balaban J connectivity index is 2.34. The van der Waals surface area contributed by atoms with Gasteiger partial charge in [0.2, 0.25) is 5.91 Å². The molecule has 0 saturated carbocycles. The smallest absolute Gasteiger partial charge is 0.331 e. The minimum atomic E-state index is -1.46. The van der Waals surface area contributed by atoms with Crippen LogP contribution in [0.3, 0.4) is 0 Å². The summed E-state index contributed by atoms with van der Waals surface area (Å²) in [6.45, 7) is 1.59. The summed E-state index contributed by atoms with van der Waals surface area (Å²) in [6, 6.07) is 8.76. The van der Waals surface area contributed by atoms with E-state index < -0.39 is 17.4 Å². The molecular formula is C16H22N2O5. The first kappa shape index (κ1) is 18.6. The lowest BCUT2D eigenvalue weighted by molar-refractivity contribution is -0.149. The van der Waals surface area contributed by atoms with Crippen LogP contribution in [0.15, 0.2) is 30.3 Å². The molecule has 7 heteroatoms. The van der Waals surface area contributed by atoms with Crippen molar-refractivity contribution in [2.75, 3.05) is 20.3 Å². The number of carboxylic acid groups (broad SMARTS) is 1. The lowest BCUT2D eigenvalue weighted by atomic mass is 10.0. The molecule has 0 aliphatic carbocycles. The predicted molar refractivity (Wildman–Crippen MR) is 84.1 cm³/mol. The number of nitrogens with one attached hydrogen (secondary N) is 2. The number of amides is 2. The molecule has 3 N–H and O–H groups in total. The van der Waals surface area contributed by atoms with E-state index in [1.54, 1.807) is 24.3 Å². The molecule has 0 spiro atoms. The number of carbonyl (C=O) groups is 3. The Labute approximate surface area is 135 Å². The fraction of sp³-hybridized carbons (Fsp3) is 0.438. The molecule has 0 bridgehead atoms. The Morgan fingerprint density at radius 1 is 1.22 bits per heavy atom. The molecule has 1 rings (SSSR count). The Hall–Kier alpha value is -2.41. The number of rotatable bonds is 9. The van der Waals surface area contributed by atoms with Crippen LogP contribution in [0.2, 0.25) is 0 Å². The van der Waals surface area contributed by atoms with Crippen LogP contribution in [-0.2, 0) is 14.3 Å². The zero-order chi connectivity index (χ0) is 17.3. The van der Waals surface area contributed by atoms with Crippen LogP contribution in [0.25, 0.3) is 0 Å². The monoisotopic (exact) mass is 322 g/mol. The number of aliphatic carboxylic acids is 1. The number of ether oxygens (including phenoxy) is 1. The van der Waals surface area contributed by atoms with Crippen molar-refractivity contribution in [3.8, 4) is 0 Å². The van der Waals surface area contributed by atoms with Gasteiger partial charge in [0.15, 0.2) is 5.54 Å². The minimum absolute atomic E-state index is 0.113. The fourth-order valence-corrected chi connectivity index (χ4v) is 1.95. The normalized spacial score (nSPS) is 13.0. The molecule has 0 heterocycles. The van der Waals surface area contributed by atoms with Gasteiger partial charge in [-0.3, -0.25) is 9.59 Å². The van der Waals surface area contributed by atoms with E-state index in [0.717, 1.165) is 0 Å². The van der Waals surface area contributed by atoms with Gasteiger partial charge in [-0.05, 0) is 25.5 Å². The first-order valence-corrected chi connectivity index (χ1v) is 7.25. The summed E-state index contributed by atoms with van der Waals surface area (Å²) in [6.07, 6.45) is 0.523. The molecule has 23 heavy (non-hydrogen) atoms. The molecule has 0 aliphatic rings. The number of benzene rings is 1. The van der Waals surface area contributed by atoms with E-state index in [2.05, 4.69) is 10.6 Å².